The zero-order chi connectivity index (χ0) is 32.1. The van der Waals surface area contributed by atoms with Crippen LogP contribution in [0.1, 0.15) is 78.2 Å². The van der Waals surface area contributed by atoms with Gasteiger partial charge in [0.1, 0.15) is 0 Å². The average molecular weight is 618 g/mol. The fourth-order valence-corrected chi connectivity index (χ4v) is 6.17. The molecule has 2 amide bonds. The lowest BCUT2D eigenvalue weighted by Crippen LogP contribution is -2.35. The Labute approximate surface area is 274 Å². The first kappa shape index (κ1) is 32.9. The van der Waals surface area contributed by atoms with E-state index in [2.05, 4.69) is 41.3 Å². The van der Waals surface area contributed by atoms with Crippen molar-refractivity contribution < 1.29 is 9.59 Å². The molecule has 46 heavy (non-hydrogen) atoms. The van der Waals surface area contributed by atoms with Crippen LogP contribution in [0.15, 0.2) is 91.1 Å². The molecule has 2 heterocycles. The quantitative estimate of drug-likeness (QED) is 0.208. The molecule has 1 aliphatic heterocycles. The van der Waals surface area contributed by atoms with Crippen LogP contribution in [-0.2, 0) is 30.6 Å². The van der Waals surface area contributed by atoms with E-state index in [1.807, 2.05) is 65.4 Å². The zero-order valence-electron chi connectivity index (χ0n) is 27.4. The van der Waals surface area contributed by atoms with Crippen LogP contribution >= 0.6 is 0 Å². The van der Waals surface area contributed by atoms with Crippen LogP contribution in [0, 0.1) is 0 Å². The Bertz CT molecular complexity index is 1560. The van der Waals surface area contributed by atoms with Gasteiger partial charge in [-0.25, -0.2) is 9.97 Å². The van der Waals surface area contributed by atoms with Crippen molar-refractivity contribution in [1.82, 2.24) is 14.9 Å². The first-order valence-electron chi connectivity index (χ1n) is 16.8. The molecule has 5 rings (SSSR count). The molecule has 3 aromatic carbocycles. The lowest BCUT2D eigenvalue weighted by molar-refractivity contribution is -0.116. The summed E-state index contributed by atoms with van der Waals surface area (Å²) >= 11 is 0. The maximum Gasteiger partial charge on any atom is 0.257 e. The summed E-state index contributed by atoms with van der Waals surface area (Å²) in [6.45, 7) is 4.16. The molecule has 4 aromatic rings. The van der Waals surface area contributed by atoms with Gasteiger partial charge >= 0.3 is 0 Å². The number of benzene rings is 3. The number of aryl methyl sites for hydroxylation is 2. The zero-order valence-corrected chi connectivity index (χ0v) is 27.4. The van der Waals surface area contributed by atoms with E-state index in [-0.39, 0.29) is 11.8 Å². The number of rotatable bonds is 8. The van der Waals surface area contributed by atoms with Crippen LogP contribution in [0.5, 0.6) is 0 Å². The molecule has 0 unspecified atom stereocenters. The Morgan fingerprint density at radius 3 is 2.04 bits per heavy atom. The number of para-hydroxylation sites is 1. The Morgan fingerprint density at radius 1 is 0.739 bits per heavy atom. The fourth-order valence-electron chi connectivity index (χ4n) is 6.17. The molecule has 0 fully saturated rings. The fraction of sp³-hybridized carbons (Fsp3) is 0.385. The summed E-state index contributed by atoms with van der Waals surface area (Å²) in [6, 6.07) is 28.8. The second-order valence-electron chi connectivity index (χ2n) is 12.3. The van der Waals surface area contributed by atoms with Gasteiger partial charge in [0.2, 0.25) is 11.9 Å². The van der Waals surface area contributed by atoms with Gasteiger partial charge in [-0.2, -0.15) is 0 Å². The molecule has 0 saturated heterocycles. The van der Waals surface area contributed by atoms with Gasteiger partial charge in [0.25, 0.3) is 5.91 Å². The second-order valence-corrected chi connectivity index (χ2v) is 12.3. The Kier molecular flexibility index (Phi) is 11.9. The number of carbonyl (C=O) groups excluding carboxylic acids is 2. The number of likely N-dealkylation sites (N-methyl/N-ethyl adjacent to an activating group) is 1. The van der Waals surface area contributed by atoms with E-state index in [4.69, 9.17) is 9.97 Å². The molecular weight excluding hydrogens is 570 g/mol. The largest absolute Gasteiger partial charge is 0.344 e. The van der Waals surface area contributed by atoms with Crippen LogP contribution in [0.3, 0.4) is 0 Å². The Hall–Kier alpha value is -4.52. The summed E-state index contributed by atoms with van der Waals surface area (Å²) in [5.41, 5.74) is 5.67. The van der Waals surface area contributed by atoms with E-state index in [0.29, 0.717) is 37.6 Å². The molecule has 0 atom stereocenters. The standard InChI is InChI=1S/C39H47N5O2/c1-31(45)44-27-16-6-4-3-5-15-26-43(30-34-21-13-14-22-37(34)44)38(46)35-29-40-39(42(2)28-25-33-19-11-8-12-20-33)41-36(35)24-23-32-17-9-7-10-18-32/h7-14,17-22,29H,3-6,15-16,23-28,30H2,1-2H3. The predicted octanol–water partition coefficient (Wildman–Crippen LogP) is 7.29. The maximum atomic E-state index is 14.5. The summed E-state index contributed by atoms with van der Waals surface area (Å²) in [7, 11) is 2.01. The van der Waals surface area contributed by atoms with Crippen molar-refractivity contribution in [3.05, 3.63) is 119 Å². The van der Waals surface area contributed by atoms with Crippen molar-refractivity contribution in [3.8, 4) is 0 Å². The third kappa shape index (κ3) is 9.03. The summed E-state index contributed by atoms with van der Waals surface area (Å²) in [6.07, 6.45) is 10.4. The van der Waals surface area contributed by atoms with Crippen LogP contribution in [0.25, 0.3) is 0 Å². The molecule has 1 aromatic heterocycles. The first-order valence-corrected chi connectivity index (χ1v) is 16.8. The molecule has 0 radical (unpaired) electrons. The van der Waals surface area contributed by atoms with Gasteiger partial charge < -0.3 is 14.7 Å². The van der Waals surface area contributed by atoms with Crippen molar-refractivity contribution in [1.29, 1.82) is 0 Å². The van der Waals surface area contributed by atoms with Crippen molar-refractivity contribution in [3.63, 3.8) is 0 Å². The molecule has 0 bridgehead atoms. The molecular formula is C39H47N5O2. The van der Waals surface area contributed by atoms with E-state index >= 15 is 0 Å². The van der Waals surface area contributed by atoms with Crippen molar-refractivity contribution in [2.75, 3.05) is 36.5 Å². The molecule has 0 spiro atoms. The van der Waals surface area contributed by atoms with Gasteiger partial charge in [-0.1, -0.05) is 105 Å². The summed E-state index contributed by atoms with van der Waals surface area (Å²) in [5.74, 6) is 0.604. The van der Waals surface area contributed by atoms with Crippen molar-refractivity contribution in [2.24, 2.45) is 0 Å². The maximum absolute atomic E-state index is 14.5. The summed E-state index contributed by atoms with van der Waals surface area (Å²) < 4.78 is 0. The average Bonchev–Trinajstić information content (AvgIpc) is 3.10. The highest BCUT2D eigenvalue weighted by Crippen LogP contribution is 2.26. The molecule has 7 heteroatoms. The first-order chi connectivity index (χ1) is 22.5. The Morgan fingerprint density at radius 2 is 1.35 bits per heavy atom. The van der Waals surface area contributed by atoms with E-state index < -0.39 is 0 Å². The summed E-state index contributed by atoms with van der Waals surface area (Å²) in [4.78, 5) is 42.9. The van der Waals surface area contributed by atoms with Gasteiger partial charge in [0.05, 0.1) is 11.3 Å². The van der Waals surface area contributed by atoms with Crippen LogP contribution in [-0.4, -0.2) is 53.4 Å². The topological polar surface area (TPSA) is 69.6 Å². The van der Waals surface area contributed by atoms with E-state index in [0.717, 1.165) is 74.9 Å². The lowest BCUT2D eigenvalue weighted by atomic mass is 10.0. The molecule has 1 aliphatic rings. The van der Waals surface area contributed by atoms with E-state index in [1.165, 1.54) is 11.1 Å². The Balaban J connectivity index is 1.44. The second kappa shape index (κ2) is 16.7. The number of hydrogen-bond acceptors (Lipinski definition) is 5. The van der Waals surface area contributed by atoms with Gasteiger partial charge in [-0.05, 0) is 54.9 Å². The van der Waals surface area contributed by atoms with Gasteiger partial charge in [0.15, 0.2) is 0 Å². The van der Waals surface area contributed by atoms with E-state index in [1.54, 1.807) is 13.1 Å². The number of anilines is 2. The van der Waals surface area contributed by atoms with Crippen LogP contribution < -0.4 is 9.80 Å². The SMILES string of the molecule is CC(=O)N1CCCCCCCCN(C(=O)c2cnc(N(C)CCc3ccccc3)nc2CCc2ccccc2)Cc2ccccc21. The van der Waals surface area contributed by atoms with Gasteiger partial charge in [0, 0.05) is 52.0 Å². The highest BCUT2D eigenvalue weighted by atomic mass is 16.2. The van der Waals surface area contributed by atoms with Gasteiger partial charge in [-0.15, -0.1) is 0 Å². The molecule has 0 aliphatic carbocycles. The monoisotopic (exact) mass is 617 g/mol. The number of aromatic nitrogens is 2. The van der Waals surface area contributed by atoms with Crippen molar-refractivity contribution >= 4 is 23.5 Å². The molecule has 0 N–H and O–H groups in total. The molecule has 0 saturated carbocycles. The molecule has 240 valence electrons. The van der Waals surface area contributed by atoms with Crippen LogP contribution in [0.4, 0.5) is 11.6 Å². The van der Waals surface area contributed by atoms with E-state index in [9.17, 15) is 9.59 Å². The normalized spacial score (nSPS) is 14.4. The number of nitrogens with zero attached hydrogens (tertiary/aromatic N) is 5. The minimum Gasteiger partial charge on any atom is -0.344 e. The smallest absolute Gasteiger partial charge is 0.257 e. The molecule has 7 nitrogen and oxygen atoms in total. The third-order valence-electron chi connectivity index (χ3n) is 8.87. The van der Waals surface area contributed by atoms with Gasteiger partial charge in [-0.3, -0.25) is 9.59 Å². The van der Waals surface area contributed by atoms with Crippen LogP contribution in [0.2, 0.25) is 0 Å². The minimum atomic E-state index is -0.0550. The third-order valence-corrected chi connectivity index (χ3v) is 8.87. The number of carbonyl (C=O) groups is 2. The summed E-state index contributed by atoms with van der Waals surface area (Å²) in [5, 5.41) is 0. The number of fused-ring (bicyclic) bond motifs is 1. The predicted molar refractivity (Wildman–Crippen MR) is 186 cm³/mol. The minimum absolute atomic E-state index is 0.0313. The highest BCUT2D eigenvalue weighted by molar-refractivity contribution is 5.96. The highest BCUT2D eigenvalue weighted by Gasteiger charge is 2.24. The number of amides is 2. The lowest BCUT2D eigenvalue weighted by Gasteiger charge is -2.28. The van der Waals surface area contributed by atoms with Crippen molar-refractivity contribution in [2.45, 2.75) is 71.3 Å². The number of hydrogen-bond donors (Lipinski definition) is 0.